The van der Waals surface area contributed by atoms with Crippen molar-refractivity contribution in [1.29, 1.82) is 0 Å². The zero-order valence-electron chi connectivity index (χ0n) is 15.6. The van der Waals surface area contributed by atoms with Gasteiger partial charge in [-0.25, -0.2) is 0 Å². The van der Waals surface area contributed by atoms with E-state index in [0.717, 1.165) is 28.2 Å². The van der Waals surface area contributed by atoms with Gasteiger partial charge in [0.15, 0.2) is 0 Å². The molecule has 4 nitrogen and oxygen atoms in total. The number of anilines is 3. The Bertz CT molecular complexity index is 963. The second-order valence-corrected chi connectivity index (χ2v) is 6.61. The number of hydrogen-bond donors (Lipinski definition) is 2. The van der Waals surface area contributed by atoms with E-state index in [2.05, 4.69) is 35.5 Å². The van der Waals surface area contributed by atoms with Gasteiger partial charge < -0.3 is 10.6 Å². The van der Waals surface area contributed by atoms with Gasteiger partial charge in [-0.15, -0.1) is 0 Å². The number of aromatic nitrogens is 1. The lowest BCUT2D eigenvalue weighted by Gasteiger charge is -2.13. The molecule has 1 heterocycles. The fraction of sp³-hybridized carbons (Fsp3) is 0.182. The zero-order chi connectivity index (χ0) is 18.7. The summed E-state index contributed by atoms with van der Waals surface area (Å²) in [5, 5.41) is 6.32. The number of carbonyl (C=O) groups is 1. The van der Waals surface area contributed by atoms with E-state index in [1.165, 1.54) is 11.1 Å². The quantitative estimate of drug-likeness (QED) is 0.673. The molecular formula is C22H23N3O. The van der Waals surface area contributed by atoms with Crippen LogP contribution >= 0.6 is 0 Å². The molecule has 2 N–H and O–H groups in total. The van der Waals surface area contributed by atoms with Crippen LogP contribution in [-0.2, 0) is 0 Å². The van der Waals surface area contributed by atoms with Gasteiger partial charge in [-0.05, 0) is 68.1 Å². The van der Waals surface area contributed by atoms with Crippen LogP contribution in [0.1, 0.15) is 32.6 Å². The van der Waals surface area contributed by atoms with Crippen LogP contribution in [0.25, 0.3) is 0 Å². The highest BCUT2D eigenvalue weighted by atomic mass is 16.1. The van der Waals surface area contributed by atoms with Crippen molar-refractivity contribution < 1.29 is 4.79 Å². The first-order valence-corrected chi connectivity index (χ1v) is 8.61. The van der Waals surface area contributed by atoms with E-state index in [4.69, 9.17) is 0 Å². The first-order valence-electron chi connectivity index (χ1n) is 8.61. The highest BCUT2D eigenvalue weighted by Crippen LogP contribution is 2.23. The van der Waals surface area contributed by atoms with E-state index >= 15 is 0 Å². The maximum atomic E-state index is 12.6. The molecule has 1 amide bonds. The summed E-state index contributed by atoms with van der Waals surface area (Å²) in [6.45, 7) is 8.13. The van der Waals surface area contributed by atoms with Crippen molar-refractivity contribution in [1.82, 2.24) is 4.98 Å². The molecule has 0 unspecified atom stereocenters. The monoisotopic (exact) mass is 345 g/mol. The van der Waals surface area contributed by atoms with Crippen molar-refractivity contribution in [2.24, 2.45) is 0 Å². The number of hydrogen-bond acceptors (Lipinski definition) is 3. The van der Waals surface area contributed by atoms with E-state index in [0.29, 0.717) is 5.56 Å². The van der Waals surface area contributed by atoms with Gasteiger partial charge in [-0.2, -0.15) is 0 Å². The average Bonchev–Trinajstić information content (AvgIpc) is 2.62. The molecule has 0 aliphatic heterocycles. The van der Waals surface area contributed by atoms with Gasteiger partial charge >= 0.3 is 0 Å². The van der Waals surface area contributed by atoms with Crippen LogP contribution in [-0.4, -0.2) is 10.9 Å². The number of benzene rings is 2. The minimum absolute atomic E-state index is 0.171. The molecule has 0 atom stereocenters. The van der Waals surface area contributed by atoms with Gasteiger partial charge in [0.2, 0.25) is 0 Å². The third-order valence-electron chi connectivity index (χ3n) is 4.53. The molecule has 1 aromatic heterocycles. The van der Waals surface area contributed by atoms with Crippen LogP contribution in [0.2, 0.25) is 0 Å². The van der Waals surface area contributed by atoms with Crippen LogP contribution in [0.5, 0.6) is 0 Å². The molecule has 4 heteroatoms. The lowest BCUT2D eigenvalue weighted by Crippen LogP contribution is -2.13. The number of nitrogens with one attached hydrogen (secondary N) is 2. The number of carbonyl (C=O) groups excluding carboxylic acids is 1. The Morgan fingerprint density at radius 2 is 1.69 bits per heavy atom. The highest BCUT2D eigenvalue weighted by Gasteiger charge is 2.10. The number of aryl methyl sites for hydroxylation is 3. The minimum atomic E-state index is -0.171. The third kappa shape index (κ3) is 3.91. The number of nitrogens with zero attached hydrogens (tertiary/aromatic N) is 1. The Kier molecular flexibility index (Phi) is 5.03. The molecule has 132 valence electrons. The van der Waals surface area contributed by atoms with E-state index in [1.54, 1.807) is 12.4 Å². The highest BCUT2D eigenvalue weighted by molar-refractivity contribution is 6.05. The van der Waals surface area contributed by atoms with Crippen molar-refractivity contribution in [3.05, 3.63) is 82.7 Å². The van der Waals surface area contributed by atoms with E-state index in [1.807, 2.05) is 50.2 Å². The lowest BCUT2D eigenvalue weighted by atomic mass is 10.1. The summed E-state index contributed by atoms with van der Waals surface area (Å²) in [6.07, 6.45) is 3.30. The van der Waals surface area contributed by atoms with Gasteiger partial charge in [0, 0.05) is 17.6 Å². The summed E-state index contributed by atoms with van der Waals surface area (Å²) in [7, 11) is 0. The van der Waals surface area contributed by atoms with Crippen molar-refractivity contribution in [3.63, 3.8) is 0 Å². The van der Waals surface area contributed by atoms with Crippen molar-refractivity contribution >= 4 is 23.0 Å². The zero-order valence-corrected chi connectivity index (χ0v) is 15.6. The van der Waals surface area contributed by atoms with Gasteiger partial charge in [0.1, 0.15) is 0 Å². The summed E-state index contributed by atoms with van der Waals surface area (Å²) < 4.78 is 0. The number of amides is 1. The molecule has 0 aliphatic carbocycles. The maximum absolute atomic E-state index is 12.6. The Labute approximate surface area is 154 Å². The Morgan fingerprint density at radius 1 is 0.885 bits per heavy atom. The van der Waals surface area contributed by atoms with Crippen LogP contribution in [0.4, 0.5) is 17.1 Å². The fourth-order valence-electron chi connectivity index (χ4n) is 2.74. The van der Waals surface area contributed by atoms with E-state index in [-0.39, 0.29) is 5.91 Å². The second-order valence-electron chi connectivity index (χ2n) is 6.61. The lowest BCUT2D eigenvalue weighted by molar-refractivity contribution is 0.102. The predicted octanol–water partition coefficient (Wildman–Crippen LogP) is 5.31. The molecule has 3 aromatic rings. The molecule has 0 radical (unpaired) electrons. The van der Waals surface area contributed by atoms with E-state index < -0.39 is 0 Å². The van der Waals surface area contributed by atoms with Crippen LogP contribution in [0, 0.1) is 27.7 Å². The van der Waals surface area contributed by atoms with Crippen molar-refractivity contribution in [2.75, 3.05) is 10.6 Å². The van der Waals surface area contributed by atoms with Gasteiger partial charge in [0.25, 0.3) is 5.91 Å². The van der Waals surface area contributed by atoms with Crippen molar-refractivity contribution in [2.45, 2.75) is 27.7 Å². The normalized spacial score (nSPS) is 10.5. The Hall–Kier alpha value is -3.14. The maximum Gasteiger partial charge on any atom is 0.257 e. The molecule has 0 spiro atoms. The molecule has 26 heavy (non-hydrogen) atoms. The molecule has 3 rings (SSSR count). The summed E-state index contributed by atoms with van der Waals surface area (Å²) in [4.78, 5) is 16.8. The topological polar surface area (TPSA) is 54.0 Å². The fourth-order valence-corrected chi connectivity index (χ4v) is 2.74. The Balaban J connectivity index is 1.81. The van der Waals surface area contributed by atoms with Gasteiger partial charge in [0.05, 0.1) is 17.4 Å². The average molecular weight is 345 g/mol. The first-order chi connectivity index (χ1) is 12.4. The predicted molar refractivity (Wildman–Crippen MR) is 107 cm³/mol. The first kappa shape index (κ1) is 17.7. The second kappa shape index (κ2) is 7.40. The number of pyridine rings is 1. The molecule has 2 aromatic carbocycles. The van der Waals surface area contributed by atoms with Crippen molar-refractivity contribution in [3.8, 4) is 0 Å². The summed E-state index contributed by atoms with van der Waals surface area (Å²) in [5.41, 5.74) is 7.66. The smallest absolute Gasteiger partial charge is 0.257 e. The molecule has 0 saturated heterocycles. The summed E-state index contributed by atoms with van der Waals surface area (Å²) >= 11 is 0. The van der Waals surface area contributed by atoms with Gasteiger partial charge in [-0.3, -0.25) is 9.78 Å². The third-order valence-corrected chi connectivity index (χ3v) is 4.53. The molecular weight excluding hydrogens is 322 g/mol. The number of rotatable bonds is 4. The summed E-state index contributed by atoms with van der Waals surface area (Å²) in [6, 6.07) is 13.9. The van der Waals surface area contributed by atoms with Crippen LogP contribution < -0.4 is 10.6 Å². The molecule has 0 aliphatic rings. The SMILES string of the molecule is Cc1ccc(C)c(NC(=O)c2cncc(Nc3cccc(C)c3C)c2)c1. The summed E-state index contributed by atoms with van der Waals surface area (Å²) in [5.74, 6) is -0.171. The molecule has 0 saturated carbocycles. The minimum Gasteiger partial charge on any atom is -0.354 e. The van der Waals surface area contributed by atoms with E-state index in [9.17, 15) is 4.79 Å². The largest absolute Gasteiger partial charge is 0.354 e. The van der Waals surface area contributed by atoms with Gasteiger partial charge in [-0.1, -0.05) is 24.3 Å². The van der Waals surface area contributed by atoms with Crippen LogP contribution in [0.15, 0.2) is 54.9 Å². The standard InChI is InChI=1S/C22H23N3O/c1-14-8-9-16(3)21(10-14)25-22(26)18-11-19(13-23-12-18)24-20-7-5-6-15(2)17(20)4/h5-13,24H,1-4H3,(H,25,26). The molecule has 0 bridgehead atoms. The Morgan fingerprint density at radius 3 is 2.50 bits per heavy atom. The molecule has 0 fully saturated rings. The van der Waals surface area contributed by atoms with Crippen LogP contribution in [0.3, 0.4) is 0 Å².